The molecule has 4 nitrogen and oxygen atoms in total. The van der Waals surface area contributed by atoms with E-state index >= 15 is 0 Å². The molecule has 3 rings (SSSR count). The Morgan fingerprint density at radius 2 is 1.86 bits per heavy atom. The number of ether oxygens (including phenoxy) is 1. The molecule has 0 atom stereocenters. The van der Waals surface area contributed by atoms with Gasteiger partial charge in [-0.1, -0.05) is 36.4 Å². The molecule has 2 aromatic carbocycles. The quantitative estimate of drug-likeness (QED) is 0.698. The average Bonchev–Trinajstić information content (AvgIpc) is 2.57. The lowest BCUT2D eigenvalue weighted by Crippen LogP contribution is -2.20. The molecule has 1 heterocycles. The second-order valence-electron chi connectivity index (χ2n) is 5.03. The van der Waals surface area contributed by atoms with E-state index in [2.05, 4.69) is 0 Å². The molecule has 22 heavy (non-hydrogen) atoms. The van der Waals surface area contributed by atoms with Crippen LogP contribution in [0.5, 0.6) is 0 Å². The van der Waals surface area contributed by atoms with E-state index in [1.807, 2.05) is 36.4 Å². The molecular formula is C18H15NO3. The van der Waals surface area contributed by atoms with Crippen molar-refractivity contribution in [1.82, 2.24) is 4.57 Å². The fourth-order valence-corrected chi connectivity index (χ4v) is 2.43. The number of aromatic nitrogens is 1. The van der Waals surface area contributed by atoms with Crippen LogP contribution in [-0.2, 0) is 11.3 Å². The summed E-state index contributed by atoms with van der Waals surface area (Å²) in [6, 6.07) is 16.7. The van der Waals surface area contributed by atoms with E-state index in [0.29, 0.717) is 17.5 Å². The molecule has 0 radical (unpaired) electrons. The predicted molar refractivity (Wildman–Crippen MR) is 85.1 cm³/mol. The summed E-state index contributed by atoms with van der Waals surface area (Å²) in [5, 5.41) is 1.32. The second kappa shape index (κ2) is 5.85. The van der Waals surface area contributed by atoms with Gasteiger partial charge in [-0.05, 0) is 29.1 Å². The van der Waals surface area contributed by atoms with Gasteiger partial charge in [0.15, 0.2) is 0 Å². The standard InChI is InChI=1S/C18H15NO3/c1-22-18(21)15-8-7-14-9-10-19(17(20)16(14)11-15)12-13-5-3-2-4-6-13/h2-11H,12H2,1H3. The van der Waals surface area contributed by atoms with E-state index in [1.165, 1.54) is 7.11 Å². The van der Waals surface area contributed by atoms with Crippen LogP contribution in [0.2, 0.25) is 0 Å². The Labute approximate surface area is 127 Å². The summed E-state index contributed by atoms with van der Waals surface area (Å²) >= 11 is 0. The van der Waals surface area contributed by atoms with Crippen LogP contribution < -0.4 is 5.56 Å². The molecule has 0 unspecified atom stereocenters. The van der Waals surface area contributed by atoms with Crippen molar-refractivity contribution in [2.45, 2.75) is 6.54 Å². The summed E-state index contributed by atoms with van der Waals surface area (Å²) in [4.78, 5) is 24.2. The van der Waals surface area contributed by atoms with Crippen molar-refractivity contribution in [1.29, 1.82) is 0 Å². The number of hydrogen-bond acceptors (Lipinski definition) is 3. The van der Waals surface area contributed by atoms with Gasteiger partial charge in [-0.3, -0.25) is 4.79 Å². The Morgan fingerprint density at radius 1 is 1.09 bits per heavy atom. The van der Waals surface area contributed by atoms with Gasteiger partial charge in [0.05, 0.1) is 19.2 Å². The zero-order valence-electron chi connectivity index (χ0n) is 12.2. The van der Waals surface area contributed by atoms with Gasteiger partial charge in [-0.25, -0.2) is 4.79 Å². The topological polar surface area (TPSA) is 48.3 Å². The molecule has 4 heteroatoms. The number of fused-ring (bicyclic) bond motifs is 1. The Bertz CT molecular complexity index is 882. The molecule has 0 aliphatic rings. The van der Waals surface area contributed by atoms with Gasteiger partial charge in [-0.15, -0.1) is 0 Å². The summed E-state index contributed by atoms with van der Waals surface area (Å²) in [5.74, 6) is -0.445. The van der Waals surface area contributed by atoms with Crippen molar-refractivity contribution >= 4 is 16.7 Å². The first-order valence-electron chi connectivity index (χ1n) is 6.94. The highest BCUT2D eigenvalue weighted by atomic mass is 16.5. The maximum absolute atomic E-state index is 12.6. The Hall–Kier alpha value is -2.88. The monoisotopic (exact) mass is 293 g/mol. The summed E-state index contributed by atoms with van der Waals surface area (Å²) in [6.45, 7) is 0.498. The van der Waals surface area contributed by atoms with Gasteiger partial charge < -0.3 is 9.30 Å². The van der Waals surface area contributed by atoms with E-state index in [4.69, 9.17) is 4.74 Å². The van der Waals surface area contributed by atoms with Crippen molar-refractivity contribution in [2.24, 2.45) is 0 Å². The lowest BCUT2D eigenvalue weighted by molar-refractivity contribution is 0.0601. The number of methoxy groups -OCH3 is 1. The first kappa shape index (κ1) is 14.1. The highest BCUT2D eigenvalue weighted by Crippen LogP contribution is 2.13. The summed E-state index contributed by atoms with van der Waals surface area (Å²) in [7, 11) is 1.32. The fourth-order valence-electron chi connectivity index (χ4n) is 2.43. The third kappa shape index (κ3) is 2.63. The molecule has 0 saturated heterocycles. The van der Waals surface area contributed by atoms with Crippen LogP contribution >= 0.6 is 0 Å². The summed E-state index contributed by atoms with van der Waals surface area (Å²) in [6.07, 6.45) is 1.77. The van der Waals surface area contributed by atoms with Gasteiger partial charge in [-0.2, -0.15) is 0 Å². The minimum atomic E-state index is -0.445. The second-order valence-corrected chi connectivity index (χ2v) is 5.03. The summed E-state index contributed by atoms with van der Waals surface area (Å²) < 4.78 is 6.34. The molecule has 0 aliphatic heterocycles. The molecular weight excluding hydrogens is 278 g/mol. The molecule has 3 aromatic rings. The molecule has 0 amide bonds. The Morgan fingerprint density at radius 3 is 2.59 bits per heavy atom. The van der Waals surface area contributed by atoms with Gasteiger partial charge in [0.25, 0.3) is 5.56 Å². The van der Waals surface area contributed by atoms with E-state index in [-0.39, 0.29) is 5.56 Å². The highest BCUT2D eigenvalue weighted by molar-refractivity contribution is 5.95. The first-order chi connectivity index (χ1) is 10.7. The van der Waals surface area contributed by atoms with Crippen LogP contribution in [0, 0.1) is 0 Å². The van der Waals surface area contributed by atoms with Crippen molar-refractivity contribution < 1.29 is 9.53 Å². The third-order valence-corrected chi connectivity index (χ3v) is 3.60. The van der Waals surface area contributed by atoms with E-state index in [1.54, 1.807) is 29.0 Å². The van der Waals surface area contributed by atoms with Crippen molar-refractivity contribution in [3.8, 4) is 0 Å². The van der Waals surface area contributed by atoms with Crippen LogP contribution in [-0.4, -0.2) is 17.6 Å². The molecule has 0 N–H and O–H groups in total. The number of nitrogens with zero attached hydrogens (tertiary/aromatic N) is 1. The molecule has 110 valence electrons. The van der Waals surface area contributed by atoms with Gasteiger partial charge in [0.1, 0.15) is 0 Å². The highest BCUT2D eigenvalue weighted by Gasteiger charge is 2.09. The fraction of sp³-hybridized carbons (Fsp3) is 0.111. The molecule has 0 bridgehead atoms. The van der Waals surface area contributed by atoms with Gasteiger partial charge >= 0.3 is 5.97 Å². The average molecular weight is 293 g/mol. The third-order valence-electron chi connectivity index (χ3n) is 3.60. The van der Waals surface area contributed by atoms with E-state index in [0.717, 1.165) is 10.9 Å². The van der Waals surface area contributed by atoms with E-state index in [9.17, 15) is 9.59 Å². The summed E-state index contributed by atoms with van der Waals surface area (Å²) in [5.41, 5.74) is 1.31. The first-order valence-corrected chi connectivity index (χ1v) is 6.94. The van der Waals surface area contributed by atoms with Crippen molar-refractivity contribution in [3.05, 3.63) is 82.3 Å². The number of benzene rings is 2. The van der Waals surface area contributed by atoms with Crippen LogP contribution in [0.25, 0.3) is 10.8 Å². The van der Waals surface area contributed by atoms with Crippen LogP contribution in [0.15, 0.2) is 65.6 Å². The maximum atomic E-state index is 12.6. The molecule has 0 aliphatic carbocycles. The zero-order chi connectivity index (χ0) is 15.5. The van der Waals surface area contributed by atoms with Gasteiger partial charge in [0, 0.05) is 11.6 Å². The molecule has 0 saturated carbocycles. The zero-order valence-corrected chi connectivity index (χ0v) is 12.2. The number of carbonyl (C=O) groups excluding carboxylic acids is 1. The largest absolute Gasteiger partial charge is 0.465 e. The molecule has 1 aromatic heterocycles. The minimum absolute atomic E-state index is 0.118. The SMILES string of the molecule is COC(=O)c1ccc2ccn(Cc3ccccc3)c(=O)c2c1. The van der Waals surface area contributed by atoms with Gasteiger partial charge in [0.2, 0.25) is 0 Å². The number of pyridine rings is 1. The van der Waals surface area contributed by atoms with E-state index < -0.39 is 5.97 Å². The maximum Gasteiger partial charge on any atom is 0.337 e. The smallest absolute Gasteiger partial charge is 0.337 e. The predicted octanol–water partition coefficient (Wildman–Crippen LogP) is 2.84. The van der Waals surface area contributed by atoms with Crippen LogP contribution in [0.3, 0.4) is 0 Å². The number of carbonyl (C=O) groups is 1. The Kier molecular flexibility index (Phi) is 3.74. The molecule has 0 spiro atoms. The normalized spacial score (nSPS) is 10.6. The lowest BCUT2D eigenvalue weighted by Gasteiger charge is -2.08. The van der Waals surface area contributed by atoms with Crippen LogP contribution in [0.4, 0.5) is 0 Å². The Balaban J connectivity index is 2.08. The number of esters is 1. The number of hydrogen-bond donors (Lipinski definition) is 0. The number of rotatable bonds is 3. The van der Waals surface area contributed by atoms with Crippen molar-refractivity contribution in [3.63, 3.8) is 0 Å². The molecule has 0 fully saturated rings. The van der Waals surface area contributed by atoms with Crippen molar-refractivity contribution in [2.75, 3.05) is 7.11 Å². The van der Waals surface area contributed by atoms with Crippen LogP contribution in [0.1, 0.15) is 15.9 Å². The minimum Gasteiger partial charge on any atom is -0.465 e. The lowest BCUT2D eigenvalue weighted by atomic mass is 10.1.